The van der Waals surface area contributed by atoms with Gasteiger partial charge in [-0.15, -0.1) is 0 Å². The molecule has 1 atom stereocenters. The average Bonchev–Trinajstić information content (AvgIpc) is 3.13. The lowest BCUT2D eigenvalue weighted by Crippen LogP contribution is -2.04. The summed E-state index contributed by atoms with van der Waals surface area (Å²) in [5.74, 6) is 0.402. The summed E-state index contributed by atoms with van der Waals surface area (Å²) >= 11 is 5.23. The molecule has 3 aromatic rings. The number of nitrogens with one attached hydrogen (secondary N) is 1. The zero-order chi connectivity index (χ0) is 16.8. The van der Waals surface area contributed by atoms with Crippen LogP contribution in [0.1, 0.15) is 36.4 Å². The minimum Gasteiger partial charge on any atom is -0.505 e. The third kappa shape index (κ3) is 3.89. The Balaban J connectivity index is 1.62. The summed E-state index contributed by atoms with van der Waals surface area (Å²) in [7, 11) is 0. The van der Waals surface area contributed by atoms with E-state index in [9.17, 15) is 5.11 Å². The zero-order valence-corrected chi connectivity index (χ0v) is 14.1. The maximum atomic E-state index is 9.67. The van der Waals surface area contributed by atoms with Crippen LogP contribution in [0, 0.1) is 4.64 Å². The zero-order valence-electron chi connectivity index (χ0n) is 13.3. The first-order valence-electron chi connectivity index (χ1n) is 8.05. The van der Waals surface area contributed by atoms with Crippen molar-refractivity contribution in [2.24, 2.45) is 0 Å². The van der Waals surface area contributed by atoms with Crippen LogP contribution in [-0.4, -0.2) is 25.1 Å². The molecule has 1 unspecified atom stereocenters. The second kappa shape index (κ2) is 7.88. The SMILES string of the molecule is Oc1cccn(CCCCC(c2ccccc2)c2cn[nH]n2)c1=S. The van der Waals surface area contributed by atoms with Crippen LogP contribution in [0.15, 0.2) is 54.9 Å². The smallest absolute Gasteiger partial charge is 0.150 e. The van der Waals surface area contributed by atoms with Gasteiger partial charge in [0.1, 0.15) is 10.4 Å². The van der Waals surface area contributed by atoms with Crippen molar-refractivity contribution in [1.29, 1.82) is 0 Å². The lowest BCUT2D eigenvalue weighted by molar-refractivity contribution is 0.458. The fraction of sp³-hybridized carbons (Fsp3) is 0.278. The maximum Gasteiger partial charge on any atom is 0.150 e. The normalized spacial score (nSPS) is 12.2. The third-order valence-electron chi connectivity index (χ3n) is 4.13. The quantitative estimate of drug-likeness (QED) is 0.503. The van der Waals surface area contributed by atoms with Gasteiger partial charge in [0.05, 0.1) is 11.9 Å². The summed E-state index contributed by atoms with van der Waals surface area (Å²) < 4.78 is 2.41. The highest BCUT2D eigenvalue weighted by atomic mass is 32.1. The molecule has 0 saturated heterocycles. The number of hydrogen-bond donors (Lipinski definition) is 2. The number of pyridine rings is 1. The molecule has 1 aromatic carbocycles. The number of hydrogen-bond acceptors (Lipinski definition) is 4. The third-order valence-corrected chi connectivity index (χ3v) is 4.58. The van der Waals surface area contributed by atoms with Gasteiger partial charge >= 0.3 is 0 Å². The van der Waals surface area contributed by atoms with Crippen LogP contribution in [0.4, 0.5) is 0 Å². The van der Waals surface area contributed by atoms with Crippen LogP contribution >= 0.6 is 12.2 Å². The molecule has 3 rings (SSSR count). The van der Waals surface area contributed by atoms with Gasteiger partial charge in [-0.25, -0.2) is 0 Å². The second-order valence-electron chi connectivity index (χ2n) is 5.75. The van der Waals surface area contributed by atoms with Gasteiger partial charge in [-0.1, -0.05) is 49.0 Å². The number of nitrogens with zero attached hydrogens (tertiary/aromatic N) is 3. The number of rotatable bonds is 7. The molecule has 0 radical (unpaired) electrons. The van der Waals surface area contributed by atoms with E-state index in [4.69, 9.17) is 12.2 Å². The van der Waals surface area contributed by atoms with Crippen molar-refractivity contribution >= 4 is 12.2 Å². The highest BCUT2D eigenvalue weighted by Gasteiger charge is 2.16. The van der Waals surface area contributed by atoms with Crippen molar-refractivity contribution in [3.8, 4) is 5.75 Å². The summed E-state index contributed by atoms with van der Waals surface area (Å²) in [6, 6.07) is 13.8. The topological polar surface area (TPSA) is 66.7 Å². The Hall–Kier alpha value is -2.47. The maximum absolute atomic E-state index is 9.67. The number of benzene rings is 1. The van der Waals surface area contributed by atoms with Crippen molar-refractivity contribution in [1.82, 2.24) is 20.0 Å². The molecule has 0 bridgehead atoms. The van der Waals surface area contributed by atoms with Gasteiger partial charge in [-0.05, 0) is 30.5 Å². The van der Waals surface area contributed by atoms with E-state index in [1.807, 2.05) is 22.9 Å². The predicted octanol–water partition coefficient (Wildman–Crippen LogP) is 4.04. The summed E-state index contributed by atoms with van der Waals surface area (Å²) in [5, 5.41) is 20.6. The van der Waals surface area contributed by atoms with Crippen LogP contribution in [0.2, 0.25) is 0 Å². The van der Waals surface area contributed by atoms with Crippen LogP contribution in [0.25, 0.3) is 0 Å². The van der Waals surface area contributed by atoms with Gasteiger partial charge < -0.3 is 9.67 Å². The van der Waals surface area contributed by atoms with Crippen molar-refractivity contribution in [2.75, 3.05) is 0 Å². The number of H-pyrrole nitrogens is 1. The first-order valence-corrected chi connectivity index (χ1v) is 8.45. The Labute approximate surface area is 146 Å². The fourth-order valence-electron chi connectivity index (χ4n) is 2.88. The van der Waals surface area contributed by atoms with Crippen molar-refractivity contribution in [2.45, 2.75) is 31.7 Å². The average molecular weight is 340 g/mol. The molecule has 0 fully saturated rings. The van der Waals surface area contributed by atoms with Crippen molar-refractivity contribution in [3.05, 3.63) is 70.8 Å². The van der Waals surface area contributed by atoms with Gasteiger partial charge in [0.2, 0.25) is 0 Å². The van der Waals surface area contributed by atoms with Gasteiger partial charge in [0, 0.05) is 18.7 Å². The Morgan fingerprint density at radius 3 is 2.71 bits per heavy atom. The Morgan fingerprint density at radius 1 is 1.12 bits per heavy atom. The monoisotopic (exact) mass is 340 g/mol. The molecule has 124 valence electrons. The van der Waals surface area contributed by atoms with Gasteiger partial charge in [-0.2, -0.15) is 15.4 Å². The lowest BCUT2D eigenvalue weighted by Gasteiger charge is -2.15. The number of aromatic amines is 1. The first-order chi connectivity index (χ1) is 11.8. The number of unbranched alkanes of at least 4 members (excludes halogenated alkanes) is 1. The van der Waals surface area contributed by atoms with Crippen LogP contribution in [0.3, 0.4) is 0 Å². The molecule has 5 nitrogen and oxygen atoms in total. The summed E-state index contributed by atoms with van der Waals surface area (Å²) in [6.07, 6.45) is 6.71. The molecule has 0 aliphatic rings. The first kappa shape index (κ1) is 16.4. The van der Waals surface area contributed by atoms with Gasteiger partial charge in [0.25, 0.3) is 0 Å². The molecule has 0 aliphatic heterocycles. The lowest BCUT2D eigenvalue weighted by atomic mass is 9.91. The second-order valence-corrected chi connectivity index (χ2v) is 6.13. The molecule has 0 amide bonds. The molecule has 2 aromatic heterocycles. The largest absolute Gasteiger partial charge is 0.505 e. The summed E-state index contributed by atoms with van der Waals surface area (Å²) in [6.45, 7) is 0.799. The molecular weight excluding hydrogens is 320 g/mol. The van der Waals surface area contributed by atoms with Gasteiger partial charge in [0.15, 0.2) is 0 Å². The molecule has 24 heavy (non-hydrogen) atoms. The molecule has 0 saturated carbocycles. The highest BCUT2D eigenvalue weighted by Crippen LogP contribution is 2.27. The Kier molecular flexibility index (Phi) is 5.38. The minimum atomic E-state index is 0.164. The van der Waals surface area contributed by atoms with Crippen LogP contribution in [-0.2, 0) is 6.54 Å². The van der Waals surface area contributed by atoms with E-state index in [1.54, 1.807) is 12.3 Å². The molecule has 6 heteroatoms. The van der Waals surface area contributed by atoms with Crippen LogP contribution in [0.5, 0.6) is 5.75 Å². The van der Waals surface area contributed by atoms with E-state index in [1.165, 1.54) is 5.56 Å². The van der Waals surface area contributed by atoms with Gasteiger partial charge in [-0.3, -0.25) is 0 Å². The molecule has 2 N–H and O–H groups in total. The Bertz CT molecular complexity index is 815. The van der Waals surface area contributed by atoms with E-state index < -0.39 is 0 Å². The van der Waals surface area contributed by atoms with E-state index in [0.29, 0.717) is 4.64 Å². The van der Waals surface area contributed by atoms with E-state index >= 15 is 0 Å². The molecule has 2 heterocycles. The number of aromatic hydroxyl groups is 1. The molecule has 0 aliphatic carbocycles. The number of aromatic nitrogens is 4. The summed E-state index contributed by atoms with van der Waals surface area (Å²) in [5.41, 5.74) is 2.22. The van der Waals surface area contributed by atoms with E-state index in [0.717, 1.165) is 31.5 Å². The minimum absolute atomic E-state index is 0.164. The summed E-state index contributed by atoms with van der Waals surface area (Å²) in [4.78, 5) is 0. The highest BCUT2D eigenvalue weighted by molar-refractivity contribution is 7.71. The predicted molar refractivity (Wildman–Crippen MR) is 95.4 cm³/mol. The molecule has 0 spiro atoms. The van der Waals surface area contributed by atoms with Crippen LogP contribution < -0.4 is 0 Å². The van der Waals surface area contributed by atoms with Crippen molar-refractivity contribution < 1.29 is 5.11 Å². The number of aryl methyl sites for hydroxylation is 1. The molecular formula is C18H20N4OS. The van der Waals surface area contributed by atoms with Crippen molar-refractivity contribution in [3.63, 3.8) is 0 Å². The van der Waals surface area contributed by atoms with E-state index in [-0.39, 0.29) is 11.7 Å². The Morgan fingerprint density at radius 2 is 1.96 bits per heavy atom. The standard InChI is InChI=1S/C18H20N4OS/c23-17-10-6-12-22(18(17)24)11-5-4-9-15(16-13-19-21-20-16)14-7-2-1-3-8-14/h1-3,6-8,10,12-13,15,23H,4-5,9,11H2,(H,19,20,21). The fourth-order valence-corrected chi connectivity index (χ4v) is 3.10. The van der Waals surface area contributed by atoms with E-state index in [2.05, 4.69) is 39.7 Å².